The minimum absolute atomic E-state index is 0.0329. The molecule has 0 unspecified atom stereocenters. The van der Waals surface area contributed by atoms with Crippen molar-refractivity contribution in [1.82, 2.24) is 0 Å². The fraction of sp³-hybridized carbons (Fsp3) is 0.567. The average Bonchev–Trinajstić information content (AvgIpc) is 3.05. The van der Waals surface area contributed by atoms with E-state index in [9.17, 15) is 18.7 Å². The highest BCUT2D eigenvalue weighted by atomic mass is 19.1. The van der Waals surface area contributed by atoms with Crippen molar-refractivity contribution in [3.63, 3.8) is 0 Å². The highest BCUT2D eigenvalue weighted by Gasteiger charge is 2.62. The first kappa shape index (κ1) is 23.5. The van der Waals surface area contributed by atoms with Crippen molar-refractivity contribution < 1.29 is 18.7 Å². The Kier molecular flexibility index (Phi) is 5.64. The van der Waals surface area contributed by atoms with E-state index in [4.69, 9.17) is 0 Å². The second kappa shape index (κ2) is 8.16. The SMILES string of the molecule is Cc1c(F)cc([C@H]2C[C@@]3(C)[C@@H](CC[C@@]3(O)C#CC(C)C)[C@@H]3CCC4=CC(=O)CCC4=C32)cc1F. The Morgan fingerprint density at radius 3 is 2.50 bits per heavy atom. The van der Waals surface area contributed by atoms with Gasteiger partial charge in [0, 0.05) is 29.2 Å². The second-order valence-corrected chi connectivity index (χ2v) is 11.4. The maximum absolute atomic E-state index is 14.7. The molecule has 34 heavy (non-hydrogen) atoms. The third-order valence-electron chi connectivity index (χ3n) is 9.16. The lowest BCUT2D eigenvalue weighted by atomic mass is 9.51. The van der Waals surface area contributed by atoms with Gasteiger partial charge in [-0.15, -0.1) is 0 Å². The average molecular weight is 465 g/mol. The summed E-state index contributed by atoms with van der Waals surface area (Å²) in [4.78, 5) is 12.2. The number of halogens is 2. The first-order valence-electron chi connectivity index (χ1n) is 12.7. The molecule has 1 aromatic carbocycles. The molecule has 0 bridgehead atoms. The van der Waals surface area contributed by atoms with Crippen LogP contribution >= 0.6 is 0 Å². The predicted octanol–water partition coefficient (Wildman–Crippen LogP) is 6.56. The third-order valence-corrected chi connectivity index (χ3v) is 9.16. The number of aliphatic hydroxyl groups is 1. The van der Waals surface area contributed by atoms with Crippen molar-refractivity contribution in [2.75, 3.05) is 0 Å². The zero-order valence-electron chi connectivity index (χ0n) is 20.6. The lowest BCUT2D eigenvalue weighted by Crippen LogP contribution is -2.51. The summed E-state index contributed by atoms with van der Waals surface area (Å²) in [6.45, 7) is 7.65. The quantitative estimate of drug-likeness (QED) is 0.478. The Balaban J connectivity index is 1.70. The molecule has 0 radical (unpaired) electrons. The zero-order valence-corrected chi connectivity index (χ0v) is 20.6. The number of ketones is 1. The Bertz CT molecular complexity index is 1160. The minimum Gasteiger partial charge on any atom is -0.377 e. The molecule has 0 saturated heterocycles. The van der Waals surface area contributed by atoms with Crippen LogP contribution in [0.1, 0.15) is 82.8 Å². The number of hydrogen-bond donors (Lipinski definition) is 1. The first-order valence-corrected chi connectivity index (χ1v) is 12.7. The third kappa shape index (κ3) is 3.51. The topological polar surface area (TPSA) is 37.3 Å². The van der Waals surface area contributed by atoms with Gasteiger partial charge in [0.1, 0.15) is 17.2 Å². The normalized spacial score (nSPS) is 34.8. The van der Waals surface area contributed by atoms with Crippen LogP contribution in [0, 0.1) is 53.6 Å². The number of benzene rings is 1. The van der Waals surface area contributed by atoms with Gasteiger partial charge in [0.2, 0.25) is 0 Å². The van der Waals surface area contributed by atoms with Crippen molar-refractivity contribution in [1.29, 1.82) is 0 Å². The summed E-state index contributed by atoms with van der Waals surface area (Å²) in [6, 6.07) is 2.97. The molecule has 1 aromatic rings. The van der Waals surface area contributed by atoms with Crippen molar-refractivity contribution in [3.05, 3.63) is 57.7 Å². The Labute approximate surface area is 201 Å². The highest BCUT2D eigenvalue weighted by molar-refractivity contribution is 5.93. The Morgan fingerprint density at radius 1 is 1.12 bits per heavy atom. The molecule has 4 aliphatic rings. The van der Waals surface area contributed by atoms with E-state index >= 15 is 0 Å². The predicted molar refractivity (Wildman–Crippen MR) is 129 cm³/mol. The van der Waals surface area contributed by atoms with Gasteiger partial charge in [0.05, 0.1) is 0 Å². The van der Waals surface area contributed by atoms with Crippen LogP contribution in [0.2, 0.25) is 0 Å². The van der Waals surface area contributed by atoms with E-state index in [1.165, 1.54) is 30.2 Å². The van der Waals surface area contributed by atoms with Crippen molar-refractivity contribution in [2.45, 2.75) is 84.2 Å². The molecule has 0 heterocycles. The summed E-state index contributed by atoms with van der Waals surface area (Å²) in [7, 11) is 0. The number of fused-ring (bicyclic) bond motifs is 4. The molecule has 0 aromatic heterocycles. The molecule has 2 saturated carbocycles. The maximum Gasteiger partial charge on any atom is 0.156 e. The van der Waals surface area contributed by atoms with Crippen molar-refractivity contribution in [2.24, 2.45) is 23.2 Å². The second-order valence-electron chi connectivity index (χ2n) is 11.4. The molecule has 0 amide bonds. The number of hydrogen-bond acceptors (Lipinski definition) is 2. The van der Waals surface area contributed by atoms with E-state index in [-0.39, 0.29) is 35.0 Å². The lowest BCUT2D eigenvalue weighted by molar-refractivity contribution is -0.114. The molecule has 5 atom stereocenters. The number of carbonyl (C=O) groups is 1. The molecule has 1 N–H and O–H groups in total. The van der Waals surface area contributed by atoms with E-state index in [0.717, 1.165) is 24.8 Å². The number of allylic oxidation sites excluding steroid dienone is 4. The van der Waals surface area contributed by atoms with Crippen LogP contribution in [-0.4, -0.2) is 16.5 Å². The van der Waals surface area contributed by atoms with E-state index in [2.05, 4.69) is 18.8 Å². The van der Waals surface area contributed by atoms with Crippen LogP contribution in [0.25, 0.3) is 0 Å². The molecule has 2 nitrogen and oxygen atoms in total. The minimum atomic E-state index is -1.11. The molecule has 2 fully saturated rings. The van der Waals surface area contributed by atoms with Crippen LogP contribution in [0.5, 0.6) is 0 Å². The number of rotatable bonds is 1. The molecule has 180 valence electrons. The van der Waals surface area contributed by atoms with Gasteiger partial charge in [0.15, 0.2) is 5.78 Å². The zero-order chi connectivity index (χ0) is 24.4. The van der Waals surface area contributed by atoms with Gasteiger partial charge < -0.3 is 5.11 Å². The van der Waals surface area contributed by atoms with Crippen molar-refractivity contribution >= 4 is 5.78 Å². The van der Waals surface area contributed by atoms with Crippen LogP contribution in [-0.2, 0) is 4.79 Å². The summed E-state index contributed by atoms with van der Waals surface area (Å²) in [5.74, 6) is 6.01. The van der Waals surface area contributed by atoms with Gasteiger partial charge in [-0.25, -0.2) is 8.78 Å². The molecular weight excluding hydrogens is 430 g/mol. The molecule has 4 aliphatic carbocycles. The molecular formula is C30H34F2O2. The standard InChI is InChI=1S/C30H34F2O2/c1-17(2)9-11-30(34)12-10-25-23-7-5-19-13-21(33)6-8-22(19)28(23)24(16-29(25,30)4)20-14-26(31)18(3)27(32)15-20/h13-15,17,23-25,34H,5-8,10,12,16H2,1-4H3/t23-,24+,25-,29-,30-/m0/s1. The smallest absolute Gasteiger partial charge is 0.156 e. The Hall–Kier alpha value is -2.25. The summed E-state index contributed by atoms with van der Waals surface area (Å²) in [6.07, 6.45) is 6.84. The largest absolute Gasteiger partial charge is 0.377 e. The van der Waals surface area contributed by atoms with Crippen LogP contribution in [0.15, 0.2) is 34.9 Å². The first-order chi connectivity index (χ1) is 16.0. The van der Waals surface area contributed by atoms with Crippen LogP contribution in [0.3, 0.4) is 0 Å². The maximum atomic E-state index is 14.7. The van der Waals surface area contributed by atoms with Gasteiger partial charge in [-0.1, -0.05) is 38.2 Å². The highest BCUT2D eigenvalue weighted by Crippen LogP contribution is 2.66. The molecule has 0 aliphatic heterocycles. The van der Waals surface area contributed by atoms with Crippen LogP contribution < -0.4 is 0 Å². The summed E-state index contributed by atoms with van der Waals surface area (Å²) >= 11 is 0. The van der Waals surface area contributed by atoms with Gasteiger partial charge in [0.25, 0.3) is 0 Å². The van der Waals surface area contributed by atoms with E-state index in [1.807, 2.05) is 13.8 Å². The Morgan fingerprint density at radius 2 is 1.82 bits per heavy atom. The van der Waals surface area contributed by atoms with Gasteiger partial charge in [-0.3, -0.25) is 4.79 Å². The molecule has 0 spiro atoms. The monoisotopic (exact) mass is 464 g/mol. The lowest BCUT2D eigenvalue weighted by Gasteiger charge is -2.53. The molecule has 4 heteroatoms. The fourth-order valence-electron chi connectivity index (χ4n) is 7.30. The van der Waals surface area contributed by atoms with Crippen molar-refractivity contribution in [3.8, 4) is 11.8 Å². The summed E-state index contributed by atoms with van der Waals surface area (Å²) in [5.41, 5.74) is 2.68. The van der Waals surface area contributed by atoms with Crippen LogP contribution in [0.4, 0.5) is 8.78 Å². The van der Waals surface area contributed by atoms with Gasteiger partial charge in [-0.05, 0) is 92.2 Å². The summed E-state index contributed by atoms with van der Waals surface area (Å²) in [5, 5.41) is 11.9. The van der Waals surface area contributed by atoms with E-state index in [0.29, 0.717) is 31.2 Å². The number of carbonyl (C=O) groups excluding carboxylic acids is 1. The molecule has 5 rings (SSSR count). The fourth-order valence-corrected chi connectivity index (χ4v) is 7.30. The van der Waals surface area contributed by atoms with Gasteiger partial charge in [-0.2, -0.15) is 0 Å². The van der Waals surface area contributed by atoms with E-state index in [1.54, 1.807) is 6.08 Å². The van der Waals surface area contributed by atoms with E-state index < -0.39 is 22.7 Å². The summed E-state index contributed by atoms with van der Waals surface area (Å²) < 4.78 is 29.5. The van der Waals surface area contributed by atoms with Gasteiger partial charge >= 0.3 is 0 Å².